The number of hydrogen-bond acceptors (Lipinski definition) is 5. The lowest BCUT2D eigenvalue weighted by atomic mass is 10.8. The zero-order valence-electron chi connectivity index (χ0n) is 5.53. The van der Waals surface area contributed by atoms with Gasteiger partial charge in [-0.2, -0.15) is 8.42 Å². The van der Waals surface area contributed by atoms with Gasteiger partial charge in [0.15, 0.2) is 0 Å². The molecule has 0 N–H and O–H groups in total. The molecule has 0 aromatic carbocycles. The zero-order chi connectivity index (χ0) is 8.74. The molecular formula is C4H7ClO5S. The van der Waals surface area contributed by atoms with E-state index in [0.29, 0.717) is 0 Å². The highest BCUT2D eigenvalue weighted by Crippen LogP contribution is 1.94. The zero-order valence-corrected chi connectivity index (χ0v) is 7.10. The van der Waals surface area contributed by atoms with Gasteiger partial charge in [-0.15, -0.1) is 11.6 Å². The minimum Gasteiger partial charge on any atom is -0.465 e. The van der Waals surface area contributed by atoms with Gasteiger partial charge >= 0.3 is 0 Å². The summed E-state index contributed by atoms with van der Waals surface area (Å²) < 4.78 is 29.3. The molecule has 0 radical (unpaired) electrons. The molecule has 0 aliphatic rings. The first-order valence-electron chi connectivity index (χ1n) is 2.60. The van der Waals surface area contributed by atoms with Gasteiger partial charge in [-0.1, -0.05) is 0 Å². The summed E-state index contributed by atoms with van der Waals surface area (Å²) in [5.41, 5.74) is 0. The smallest absolute Gasteiger partial charge is 0.293 e. The lowest BCUT2D eigenvalue weighted by Crippen LogP contribution is -2.11. The summed E-state index contributed by atoms with van der Waals surface area (Å²) in [7, 11) is -3.63. The van der Waals surface area contributed by atoms with Crippen molar-refractivity contribution in [2.24, 2.45) is 0 Å². The summed E-state index contributed by atoms with van der Waals surface area (Å²) in [5, 5.41) is -0.603. The minimum absolute atomic E-state index is 0.0976. The first-order valence-corrected chi connectivity index (χ1v) is 4.72. The Balaban J connectivity index is 3.46. The maximum Gasteiger partial charge on any atom is 0.293 e. The Morgan fingerprint density at radius 3 is 2.45 bits per heavy atom. The first kappa shape index (κ1) is 10.7. The highest BCUT2D eigenvalue weighted by atomic mass is 35.5. The number of rotatable bonds is 6. The second-order valence-corrected chi connectivity index (χ2v) is 3.68. The number of carbonyl (C=O) groups excluding carboxylic acids is 1. The molecule has 0 unspecified atom stereocenters. The van der Waals surface area contributed by atoms with Crippen LogP contribution in [0.4, 0.5) is 0 Å². The lowest BCUT2D eigenvalue weighted by Gasteiger charge is -1.99. The first-order chi connectivity index (χ1) is 5.12. The average molecular weight is 203 g/mol. The van der Waals surface area contributed by atoms with Gasteiger partial charge in [0.25, 0.3) is 16.6 Å². The quantitative estimate of drug-likeness (QED) is 0.256. The predicted octanol–water partition coefficient (Wildman–Crippen LogP) is -0.298. The van der Waals surface area contributed by atoms with E-state index < -0.39 is 15.3 Å². The van der Waals surface area contributed by atoms with Crippen molar-refractivity contribution in [3.05, 3.63) is 0 Å². The maximum absolute atomic E-state index is 10.5. The second-order valence-electron chi connectivity index (χ2n) is 1.46. The number of carbonyl (C=O) groups is 1. The van der Waals surface area contributed by atoms with Gasteiger partial charge in [0.05, 0.1) is 0 Å². The molecule has 7 heteroatoms. The largest absolute Gasteiger partial charge is 0.465 e. The second kappa shape index (κ2) is 5.34. The van der Waals surface area contributed by atoms with Crippen LogP contribution >= 0.6 is 11.6 Å². The van der Waals surface area contributed by atoms with Crippen LogP contribution in [-0.4, -0.2) is 33.3 Å². The van der Waals surface area contributed by atoms with Crippen molar-refractivity contribution < 1.29 is 22.1 Å². The van der Waals surface area contributed by atoms with Crippen LogP contribution in [0, 0.1) is 0 Å². The summed E-state index contributed by atoms with van der Waals surface area (Å²) in [4.78, 5) is 9.55. The number of alkyl halides is 1. The molecule has 5 nitrogen and oxygen atoms in total. The summed E-state index contributed by atoms with van der Waals surface area (Å²) in [5.74, 6) is 0. The summed E-state index contributed by atoms with van der Waals surface area (Å²) in [6, 6.07) is 0. The molecule has 0 heterocycles. The monoisotopic (exact) mass is 202 g/mol. The molecule has 0 rings (SSSR count). The Morgan fingerprint density at radius 2 is 2.00 bits per heavy atom. The molecule has 0 aromatic rings. The highest BCUT2D eigenvalue weighted by Gasteiger charge is 2.07. The molecule has 0 amide bonds. The normalized spacial score (nSPS) is 11.0. The van der Waals surface area contributed by atoms with Crippen molar-refractivity contribution in [1.29, 1.82) is 0 Å². The molecular weight excluding hydrogens is 196 g/mol. The molecule has 0 spiro atoms. The van der Waals surface area contributed by atoms with E-state index in [2.05, 4.69) is 8.92 Å². The topological polar surface area (TPSA) is 69.7 Å². The van der Waals surface area contributed by atoms with Gasteiger partial charge in [-0.05, 0) is 0 Å². The maximum atomic E-state index is 10.5. The standard InChI is InChI=1S/C4H7ClO5S/c5-3-11(7,8)10-2-1-9-4-6/h4H,1-3H2. The molecule has 0 atom stereocenters. The van der Waals surface area contributed by atoms with Crippen LogP contribution in [0.25, 0.3) is 0 Å². The fraction of sp³-hybridized carbons (Fsp3) is 0.750. The van der Waals surface area contributed by atoms with E-state index in [-0.39, 0.29) is 19.7 Å². The molecule has 0 aliphatic carbocycles. The molecule has 0 saturated heterocycles. The SMILES string of the molecule is O=COCCOS(=O)(=O)CCl. The van der Waals surface area contributed by atoms with Crippen molar-refractivity contribution >= 4 is 28.2 Å². The van der Waals surface area contributed by atoms with Crippen molar-refractivity contribution in [3.8, 4) is 0 Å². The fourth-order valence-electron chi connectivity index (χ4n) is 0.289. The fourth-order valence-corrected chi connectivity index (χ4v) is 0.863. The molecule has 0 bridgehead atoms. The van der Waals surface area contributed by atoms with Gasteiger partial charge in [-0.3, -0.25) is 8.98 Å². The average Bonchev–Trinajstić information content (AvgIpc) is 1.99. The number of ether oxygens (including phenoxy) is 1. The van der Waals surface area contributed by atoms with Crippen molar-refractivity contribution in [3.63, 3.8) is 0 Å². The van der Waals surface area contributed by atoms with E-state index in [9.17, 15) is 13.2 Å². The number of halogens is 1. The molecule has 66 valence electrons. The van der Waals surface area contributed by atoms with Crippen LogP contribution in [0.1, 0.15) is 0 Å². The lowest BCUT2D eigenvalue weighted by molar-refractivity contribution is -0.129. The molecule has 0 fully saturated rings. The Labute approximate surface area is 69.4 Å². The van der Waals surface area contributed by atoms with Gasteiger partial charge in [-0.25, -0.2) is 0 Å². The van der Waals surface area contributed by atoms with E-state index in [1.807, 2.05) is 0 Å². The third-order valence-electron chi connectivity index (χ3n) is 0.666. The van der Waals surface area contributed by atoms with E-state index >= 15 is 0 Å². The van der Waals surface area contributed by atoms with Crippen LogP contribution in [0.5, 0.6) is 0 Å². The van der Waals surface area contributed by atoms with Gasteiger partial charge < -0.3 is 4.74 Å². The van der Waals surface area contributed by atoms with Crippen LogP contribution in [0.15, 0.2) is 0 Å². The third kappa shape index (κ3) is 6.08. The van der Waals surface area contributed by atoms with Crippen LogP contribution < -0.4 is 0 Å². The summed E-state index contributed by atoms with van der Waals surface area (Å²) >= 11 is 4.98. The molecule has 0 saturated carbocycles. The van der Waals surface area contributed by atoms with Crippen molar-refractivity contribution in [2.45, 2.75) is 0 Å². The van der Waals surface area contributed by atoms with Crippen molar-refractivity contribution in [2.75, 3.05) is 18.4 Å². The van der Waals surface area contributed by atoms with E-state index in [0.717, 1.165) is 0 Å². The van der Waals surface area contributed by atoms with Gasteiger partial charge in [0.1, 0.15) is 18.4 Å². The molecule has 0 aromatic heterocycles. The van der Waals surface area contributed by atoms with E-state index in [1.165, 1.54) is 0 Å². The molecule has 11 heavy (non-hydrogen) atoms. The number of hydrogen-bond donors (Lipinski definition) is 0. The van der Waals surface area contributed by atoms with E-state index in [4.69, 9.17) is 11.6 Å². The van der Waals surface area contributed by atoms with E-state index in [1.54, 1.807) is 0 Å². The van der Waals surface area contributed by atoms with Gasteiger partial charge in [0, 0.05) is 0 Å². The van der Waals surface area contributed by atoms with Crippen LogP contribution in [0.3, 0.4) is 0 Å². The molecule has 0 aliphatic heterocycles. The Kier molecular flexibility index (Phi) is 5.18. The van der Waals surface area contributed by atoms with Crippen LogP contribution in [0.2, 0.25) is 0 Å². The Bertz CT molecular complexity index is 199. The summed E-state index contributed by atoms with van der Waals surface area (Å²) in [6.07, 6.45) is 0. The Hall–Kier alpha value is -0.330. The third-order valence-corrected chi connectivity index (χ3v) is 2.26. The minimum atomic E-state index is -3.63. The Morgan fingerprint density at radius 1 is 1.36 bits per heavy atom. The van der Waals surface area contributed by atoms with Crippen LogP contribution in [-0.2, 0) is 23.8 Å². The summed E-state index contributed by atoms with van der Waals surface area (Å²) in [6.45, 7) is -0.0932. The van der Waals surface area contributed by atoms with Crippen molar-refractivity contribution in [1.82, 2.24) is 0 Å². The predicted molar refractivity (Wildman–Crippen MR) is 37.6 cm³/mol. The van der Waals surface area contributed by atoms with Gasteiger partial charge in [0.2, 0.25) is 0 Å². The highest BCUT2D eigenvalue weighted by molar-refractivity contribution is 7.87.